The van der Waals surface area contributed by atoms with Gasteiger partial charge in [0.05, 0.1) is 21.5 Å². The minimum atomic E-state index is -0.725. The highest BCUT2D eigenvalue weighted by atomic mass is 16.4. The van der Waals surface area contributed by atoms with Crippen molar-refractivity contribution in [2.75, 3.05) is 0 Å². The van der Waals surface area contributed by atoms with E-state index in [0.29, 0.717) is 21.5 Å². The molecule has 0 aliphatic heterocycles. The fourth-order valence-corrected chi connectivity index (χ4v) is 8.56. The van der Waals surface area contributed by atoms with Gasteiger partial charge in [-0.15, -0.1) is 0 Å². The summed E-state index contributed by atoms with van der Waals surface area (Å²) in [6, 6.07) is 57.1. The maximum absolute atomic E-state index is 14.3. The molecule has 1 aromatic heterocycles. The van der Waals surface area contributed by atoms with Crippen LogP contribution >= 0.6 is 0 Å². The van der Waals surface area contributed by atoms with Gasteiger partial charge in [0.15, 0.2) is 0 Å². The monoisotopic (exact) mass is 832 g/mol. The lowest BCUT2D eigenvalue weighted by molar-refractivity contribution is 0.567. The Labute approximate surface area is 360 Å². The van der Waals surface area contributed by atoms with Gasteiger partial charge in [0, 0.05) is 21.5 Å². The fourth-order valence-electron chi connectivity index (χ4n) is 8.56. The highest BCUT2D eigenvalue weighted by Gasteiger charge is 2.13. The lowest BCUT2D eigenvalue weighted by Gasteiger charge is -2.07. The van der Waals surface area contributed by atoms with Crippen molar-refractivity contribution in [1.29, 1.82) is 0 Å². The minimum Gasteiger partial charge on any atom is -0.422 e. The summed E-state index contributed by atoms with van der Waals surface area (Å²) in [4.78, 5) is 57.2. The van der Waals surface area contributed by atoms with Crippen LogP contribution in [0.5, 0.6) is 0 Å². The summed E-state index contributed by atoms with van der Waals surface area (Å²) in [5, 5.41) is 8.77. The van der Waals surface area contributed by atoms with Crippen LogP contribution in [0.25, 0.3) is 109 Å². The molecule has 0 fully saturated rings. The van der Waals surface area contributed by atoms with E-state index in [1.165, 1.54) is 12.1 Å². The van der Waals surface area contributed by atoms with Gasteiger partial charge >= 0.3 is 22.5 Å². The number of hydrogen-bond acceptors (Lipinski definition) is 8. The van der Waals surface area contributed by atoms with E-state index >= 15 is 0 Å². The first-order valence-corrected chi connectivity index (χ1v) is 20.5. The van der Waals surface area contributed by atoms with Crippen molar-refractivity contribution in [2.24, 2.45) is 0 Å². The van der Waals surface area contributed by atoms with Gasteiger partial charge < -0.3 is 17.7 Å². The third-order valence-electron chi connectivity index (χ3n) is 11.5. The van der Waals surface area contributed by atoms with E-state index in [-0.39, 0.29) is 43.9 Å². The average Bonchev–Trinajstić information content (AvgIpc) is 3.34. The molecule has 10 aromatic carbocycles. The molecule has 0 N–H and O–H groups in total. The van der Waals surface area contributed by atoms with Crippen LogP contribution < -0.4 is 22.5 Å². The molecule has 64 heavy (non-hydrogen) atoms. The molecule has 0 unspecified atom stereocenters. The molecule has 0 aliphatic carbocycles. The number of rotatable bonds is 0. The van der Waals surface area contributed by atoms with Crippen molar-refractivity contribution < 1.29 is 17.7 Å². The fraction of sp³-hybridized carbons (Fsp3) is 0. The van der Waals surface area contributed by atoms with Crippen molar-refractivity contribution in [3.63, 3.8) is 0 Å². The van der Waals surface area contributed by atoms with E-state index in [0.717, 1.165) is 43.1 Å². The standard InChI is InChI=1S/C56H32O8/c57-53-37-15-9-17-39(31-37)55(59)63-47-29-25-35-13-3-7-21-43(35)51(47)52-44-22-8-4-14-36(44)26-30-48(52)64-56(60)40-18-10-16-38(32-40)54(58)62-46-28-24-34-12-2-6-20-42(34)50(46)49-41-19-5-1-11-33(41)23-27-45(49)61-53/h1-32H. The van der Waals surface area contributed by atoms with Gasteiger partial charge in [-0.2, -0.15) is 0 Å². The Morgan fingerprint density at radius 2 is 0.438 bits per heavy atom. The van der Waals surface area contributed by atoms with E-state index in [9.17, 15) is 19.2 Å². The minimum absolute atomic E-state index is 0.0992. The molecule has 304 valence electrons. The van der Waals surface area contributed by atoms with Crippen molar-refractivity contribution in [3.8, 4) is 0 Å². The van der Waals surface area contributed by atoms with Crippen LogP contribution in [0.4, 0.5) is 0 Å². The Morgan fingerprint density at radius 1 is 0.219 bits per heavy atom. The Kier molecular flexibility index (Phi) is 9.25. The SMILES string of the molecule is O=c1oc2ccc3ccccc3c2c2c(ccc3ccccc32)oc(=O)c2cccc(c2)c(=O)oc2ccc3ccccc3c2c2c(ccc3ccccc32)oc(=O)c2cccc1c2. The highest BCUT2D eigenvalue weighted by molar-refractivity contribution is 6.25. The second-order valence-electron chi connectivity index (χ2n) is 15.4. The first-order chi connectivity index (χ1) is 31.4. The van der Waals surface area contributed by atoms with Gasteiger partial charge in [-0.1, -0.05) is 133 Å². The Morgan fingerprint density at radius 3 is 0.688 bits per heavy atom. The Hall–Kier alpha value is -8.88. The molecule has 11 rings (SSSR count). The predicted octanol–water partition coefficient (Wildman–Crippen LogP) is 13.0. The van der Waals surface area contributed by atoms with E-state index in [4.69, 9.17) is 17.7 Å². The summed E-state index contributed by atoms with van der Waals surface area (Å²) in [6.45, 7) is 0. The van der Waals surface area contributed by atoms with Crippen LogP contribution in [0.3, 0.4) is 0 Å². The number of fused-ring (bicyclic) bond motifs is 18. The molecular formula is C56H32O8. The molecule has 0 saturated heterocycles. The zero-order valence-corrected chi connectivity index (χ0v) is 33.7. The highest BCUT2D eigenvalue weighted by Crippen LogP contribution is 2.36. The van der Waals surface area contributed by atoms with E-state index in [2.05, 4.69) is 0 Å². The van der Waals surface area contributed by atoms with Gasteiger partial charge in [0.2, 0.25) is 0 Å². The van der Waals surface area contributed by atoms with Gasteiger partial charge in [-0.05, 0) is 104 Å². The molecule has 8 heteroatoms. The molecule has 4 bridgehead atoms. The molecule has 0 saturated carbocycles. The lowest BCUT2D eigenvalue weighted by Crippen LogP contribution is -2.00. The zero-order chi connectivity index (χ0) is 43.3. The molecule has 0 atom stereocenters. The number of benzene rings is 10. The molecule has 0 amide bonds. The molecule has 8 nitrogen and oxygen atoms in total. The summed E-state index contributed by atoms with van der Waals surface area (Å²) >= 11 is 0. The predicted molar refractivity (Wildman–Crippen MR) is 257 cm³/mol. The second-order valence-corrected chi connectivity index (χ2v) is 15.4. The first kappa shape index (κ1) is 38.1. The normalized spacial score (nSPS) is 11.4. The first-order valence-electron chi connectivity index (χ1n) is 20.5. The summed E-state index contributed by atoms with van der Waals surface area (Å²) in [7, 11) is 0. The summed E-state index contributed by atoms with van der Waals surface area (Å²) in [5.74, 6) is 0. The van der Waals surface area contributed by atoms with E-state index in [1.54, 1.807) is 60.7 Å². The van der Waals surface area contributed by atoms with Crippen LogP contribution in [0.15, 0.2) is 231 Å². The molecular weight excluding hydrogens is 801 g/mol. The van der Waals surface area contributed by atoms with Crippen LogP contribution in [-0.4, -0.2) is 0 Å². The molecule has 1 heterocycles. The molecule has 0 radical (unpaired) electrons. The van der Waals surface area contributed by atoms with E-state index < -0.39 is 22.5 Å². The van der Waals surface area contributed by atoms with Crippen molar-refractivity contribution in [1.82, 2.24) is 0 Å². The Balaban J connectivity index is 1.40. The topological polar surface area (TPSA) is 121 Å². The Bertz CT molecular complexity index is 3760. The lowest BCUT2D eigenvalue weighted by atomic mass is 9.99. The summed E-state index contributed by atoms with van der Waals surface area (Å²) in [5.41, 5.74) is -2.11. The van der Waals surface area contributed by atoms with Gasteiger partial charge in [0.1, 0.15) is 22.3 Å². The quantitative estimate of drug-likeness (QED) is 0.148. The smallest absolute Gasteiger partial charge is 0.343 e. The summed E-state index contributed by atoms with van der Waals surface area (Å²) < 4.78 is 25.1. The van der Waals surface area contributed by atoms with Gasteiger partial charge in [-0.3, -0.25) is 0 Å². The van der Waals surface area contributed by atoms with Crippen LogP contribution in [0.2, 0.25) is 0 Å². The van der Waals surface area contributed by atoms with Crippen LogP contribution in [0.1, 0.15) is 0 Å². The summed E-state index contributed by atoms with van der Waals surface area (Å²) in [6.07, 6.45) is 0. The van der Waals surface area contributed by atoms with E-state index in [1.807, 2.05) is 121 Å². The van der Waals surface area contributed by atoms with Crippen molar-refractivity contribution >= 4 is 109 Å². The second kappa shape index (κ2) is 15.5. The largest absolute Gasteiger partial charge is 0.422 e. The molecule has 11 aromatic rings. The van der Waals surface area contributed by atoms with Gasteiger partial charge in [0.25, 0.3) is 0 Å². The maximum atomic E-state index is 14.3. The van der Waals surface area contributed by atoms with Crippen LogP contribution in [0, 0.1) is 0 Å². The van der Waals surface area contributed by atoms with Crippen molar-refractivity contribution in [3.05, 3.63) is 236 Å². The maximum Gasteiger partial charge on any atom is 0.343 e. The van der Waals surface area contributed by atoms with Crippen LogP contribution in [-0.2, 0) is 0 Å². The zero-order valence-electron chi connectivity index (χ0n) is 33.7. The number of hydrogen-bond donors (Lipinski definition) is 0. The average molecular weight is 833 g/mol. The molecule has 0 spiro atoms. The third-order valence-corrected chi connectivity index (χ3v) is 11.5. The molecule has 0 aliphatic rings. The van der Waals surface area contributed by atoms with Gasteiger partial charge in [-0.25, -0.2) is 19.2 Å². The third kappa shape index (κ3) is 6.67. The van der Waals surface area contributed by atoms with Crippen molar-refractivity contribution in [2.45, 2.75) is 0 Å².